The van der Waals surface area contributed by atoms with Crippen LogP contribution in [0.3, 0.4) is 0 Å². The number of benzene rings is 1. The molecule has 0 unspecified atom stereocenters. The first-order chi connectivity index (χ1) is 9.90. The molecule has 0 spiro atoms. The lowest BCUT2D eigenvalue weighted by Gasteiger charge is -2.22. The normalized spacial score (nSPS) is 10.5. The molecule has 2 rings (SSSR count). The van der Waals surface area contributed by atoms with Gasteiger partial charge in [0.2, 0.25) is 0 Å². The Morgan fingerprint density at radius 2 is 2.00 bits per heavy atom. The van der Waals surface area contributed by atoms with Crippen molar-refractivity contribution in [3.05, 3.63) is 57.2 Å². The van der Waals surface area contributed by atoms with Crippen LogP contribution in [-0.4, -0.2) is 23.1 Å². The summed E-state index contributed by atoms with van der Waals surface area (Å²) >= 11 is 3.51. The van der Waals surface area contributed by atoms with Gasteiger partial charge in [-0.2, -0.15) is 0 Å². The van der Waals surface area contributed by atoms with Crippen molar-refractivity contribution in [2.45, 2.75) is 20.4 Å². The highest BCUT2D eigenvalue weighted by Gasteiger charge is 2.19. The SMILES string of the molecule is Cc1cc(C)c(C(=O)O)c(N(C)Cc2ccccc2Br)n1. The Morgan fingerprint density at radius 3 is 2.62 bits per heavy atom. The average Bonchev–Trinajstić information content (AvgIpc) is 2.39. The maximum absolute atomic E-state index is 11.5. The molecule has 0 radical (unpaired) electrons. The summed E-state index contributed by atoms with van der Waals surface area (Å²) in [5.41, 5.74) is 2.88. The summed E-state index contributed by atoms with van der Waals surface area (Å²) in [6, 6.07) is 9.67. The fourth-order valence-electron chi connectivity index (χ4n) is 2.31. The van der Waals surface area contributed by atoms with Crippen LogP contribution in [0.25, 0.3) is 0 Å². The number of carbonyl (C=O) groups is 1. The minimum absolute atomic E-state index is 0.259. The zero-order valence-electron chi connectivity index (χ0n) is 12.2. The number of hydrogen-bond acceptors (Lipinski definition) is 3. The summed E-state index contributed by atoms with van der Waals surface area (Å²) in [6.07, 6.45) is 0. The first-order valence-electron chi connectivity index (χ1n) is 6.56. The molecule has 2 aromatic rings. The largest absolute Gasteiger partial charge is 0.478 e. The number of nitrogens with zero attached hydrogens (tertiary/aromatic N) is 2. The summed E-state index contributed by atoms with van der Waals surface area (Å²) in [4.78, 5) is 17.8. The van der Waals surface area contributed by atoms with Crippen molar-refractivity contribution in [1.82, 2.24) is 4.98 Å². The molecule has 0 fully saturated rings. The third kappa shape index (κ3) is 3.42. The lowest BCUT2D eigenvalue weighted by atomic mass is 10.1. The van der Waals surface area contributed by atoms with E-state index in [1.54, 1.807) is 13.0 Å². The van der Waals surface area contributed by atoms with E-state index in [9.17, 15) is 9.90 Å². The highest BCUT2D eigenvalue weighted by atomic mass is 79.9. The molecule has 1 N–H and O–H groups in total. The molecule has 0 amide bonds. The van der Waals surface area contributed by atoms with Gasteiger partial charge in [0, 0.05) is 23.8 Å². The Labute approximate surface area is 132 Å². The van der Waals surface area contributed by atoms with Crippen molar-refractivity contribution < 1.29 is 9.90 Å². The molecule has 1 aromatic carbocycles. The van der Waals surface area contributed by atoms with Crippen LogP contribution in [-0.2, 0) is 6.54 Å². The Kier molecular flexibility index (Phi) is 4.63. The van der Waals surface area contributed by atoms with E-state index in [2.05, 4.69) is 20.9 Å². The van der Waals surface area contributed by atoms with E-state index in [0.717, 1.165) is 21.3 Å². The second kappa shape index (κ2) is 6.26. The van der Waals surface area contributed by atoms with Gasteiger partial charge < -0.3 is 10.0 Å². The van der Waals surface area contributed by atoms with Crippen LogP contribution in [0.4, 0.5) is 5.82 Å². The van der Waals surface area contributed by atoms with E-state index < -0.39 is 5.97 Å². The molecule has 21 heavy (non-hydrogen) atoms. The van der Waals surface area contributed by atoms with Crippen LogP contribution in [0, 0.1) is 13.8 Å². The van der Waals surface area contributed by atoms with Crippen molar-refractivity contribution in [2.75, 3.05) is 11.9 Å². The van der Waals surface area contributed by atoms with E-state index in [1.807, 2.05) is 43.1 Å². The molecular formula is C16H17BrN2O2. The fourth-order valence-corrected chi connectivity index (χ4v) is 2.72. The monoisotopic (exact) mass is 348 g/mol. The van der Waals surface area contributed by atoms with Gasteiger partial charge in [-0.3, -0.25) is 0 Å². The predicted octanol–water partition coefficient (Wildman–Crippen LogP) is 3.80. The topological polar surface area (TPSA) is 53.4 Å². The summed E-state index contributed by atoms with van der Waals surface area (Å²) in [7, 11) is 1.85. The van der Waals surface area contributed by atoms with Crippen LogP contribution >= 0.6 is 15.9 Å². The zero-order chi connectivity index (χ0) is 15.6. The van der Waals surface area contributed by atoms with E-state index in [1.165, 1.54) is 0 Å². The minimum atomic E-state index is -0.950. The van der Waals surface area contributed by atoms with Crippen LogP contribution < -0.4 is 4.90 Å². The number of hydrogen-bond donors (Lipinski definition) is 1. The molecule has 110 valence electrons. The number of rotatable bonds is 4. The Hall–Kier alpha value is -1.88. The molecular weight excluding hydrogens is 332 g/mol. The smallest absolute Gasteiger partial charge is 0.339 e. The molecule has 4 nitrogen and oxygen atoms in total. The lowest BCUT2D eigenvalue weighted by molar-refractivity contribution is 0.0696. The van der Waals surface area contributed by atoms with Crippen molar-refractivity contribution in [3.63, 3.8) is 0 Å². The van der Waals surface area contributed by atoms with Crippen LogP contribution in [0.1, 0.15) is 27.2 Å². The second-order valence-electron chi connectivity index (χ2n) is 5.03. The fraction of sp³-hybridized carbons (Fsp3) is 0.250. The van der Waals surface area contributed by atoms with Gasteiger partial charge >= 0.3 is 5.97 Å². The van der Waals surface area contributed by atoms with Gasteiger partial charge in [-0.25, -0.2) is 9.78 Å². The molecule has 0 saturated carbocycles. The Balaban J connectivity index is 2.41. The van der Waals surface area contributed by atoms with E-state index in [0.29, 0.717) is 12.4 Å². The summed E-state index contributed by atoms with van der Waals surface area (Å²) in [5, 5.41) is 9.43. The van der Waals surface area contributed by atoms with Gasteiger partial charge in [-0.05, 0) is 37.1 Å². The molecule has 0 bridgehead atoms. The predicted molar refractivity (Wildman–Crippen MR) is 86.9 cm³/mol. The van der Waals surface area contributed by atoms with Crippen molar-refractivity contribution in [3.8, 4) is 0 Å². The quantitative estimate of drug-likeness (QED) is 0.912. The third-order valence-electron chi connectivity index (χ3n) is 3.27. The maximum atomic E-state index is 11.5. The summed E-state index contributed by atoms with van der Waals surface area (Å²) in [5.74, 6) is -0.454. The Morgan fingerprint density at radius 1 is 1.33 bits per heavy atom. The second-order valence-corrected chi connectivity index (χ2v) is 5.89. The van der Waals surface area contributed by atoms with Gasteiger partial charge in [0.25, 0.3) is 0 Å². The third-order valence-corrected chi connectivity index (χ3v) is 4.04. The molecule has 0 atom stereocenters. The van der Waals surface area contributed by atoms with Gasteiger partial charge in [0.05, 0.1) is 0 Å². The number of halogens is 1. The van der Waals surface area contributed by atoms with Crippen LogP contribution in [0.15, 0.2) is 34.8 Å². The first kappa shape index (κ1) is 15.5. The van der Waals surface area contributed by atoms with Crippen molar-refractivity contribution in [1.29, 1.82) is 0 Å². The standard InChI is InChI=1S/C16H17BrN2O2/c1-10-8-11(2)18-15(14(10)16(20)21)19(3)9-12-6-4-5-7-13(12)17/h4-8H,9H2,1-3H3,(H,20,21). The summed E-state index contributed by atoms with van der Waals surface area (Å²) in [6.45, 7) is 4.25. The van der Waals surface area contributed by atoms with Gasteiger partial charge in [0.15, 0.2) is 0 Å². The number of aryl methyl sites for hydroxylation is 2. The van der Waals surface area contributed by atoms with Gasteiger partial charge in [0.1, 0.15) is 11.4 Å². The molecule has 0 aliphatic rings. The minimum Gasteiger partial charge on any atom is -0.478 e. The number of anilines is 1. The van der Waals surface area contributed by atoms with Crippen molar-refractivity contribution >= 4 is 27.7 Å². The van der Waals surface area contributed by atoms with Crippen molar-refractivity contribution in [2.24, 2.45) is 0 Å². The van der Waals surface area contributed by atoms with Gasteiger partial charge in [-0.1, -0.05) is 34.1 Å². The highest BCUT2D eigenvalue weighted by Crippen LogP contribution is 2.25. The molecule has 0 aliphatic heterocycles. The molecule has 0 saturated heterocycles. The molecule has 1 heterocycles. The first-order valence-corrected chi connectivity index (χ1v) is 7.35. The van der Waals surface area contributed by atoms with Crippen LogP contribution in [0.5, 0.6) is 0 Å². The maximum Gasteiger partial charge on any atom is 0.339 e. The molecule has 1 aromatic heterocycles. The highest BCUT2D eigenvalue weighted by molar-refractivity contribution is 9.10. The lowest BCUT2D eigenvalue weighted by Crippen LogP contribution is -2.22. The Bertz CT molecular complexity index is 686. The number of pyridine rings is 1. The number of carboxylic acid groups (broad SMARTS) is 1. The van der Waals surface area contributed by atoms with E-state index in [4.69, 9.17) is 0 Å². The number of aromatic carboxylic acids is 1. The van der Waals surface area contributed by atoms with E-state index >= 15 is 0 Å². The van der Waals surface area contributed by atoms with Gasteiger partial charge in [-0.15, -0.1) is 0 Å². The van der Waals surface area contributed by atoms with Crippen LogP contribution in [0.2, 0.25) is 0 Å². The zero-order valence-corrected chi connectivity index (χ0v) is 13.8. The average molecular weight is 349 g/mol. The number of carboxylic acids is 1. The summed E-state index contributed by atoms with van der Waals surface area (Å²) < 4.78 is 0.998. The molecule has 0 aliphatic carbocycles. The molecule has 5 heteroatoms. The van der Waals surface area contributed by atoms with E-state index in [-0.39, 0.29) is 5.56 Å². The number of aromatic nitrogens is 1.